The van der Waals surface area contributed by atoms with Crippen molar-refractivity contribution in [2.24, 2.45) is 5.92 Å². The van der Waals surface area contributed by atoms with Crippen molar-refractivity contribution in [3.05, 3.63) is 0 Å². The molecule has 0 aromatic carbocycles. The summed E-state index contributed by atoms with van der Waals surface area (Å²) in [6.45, 7) is 8.07. The average Bonchev–Trinajstić information content (AvgIpc) is 2.65. The number of piperidine rings is 2. The van der Waals surface area contributed by atoms with Crippen molar-refractivity contribution in [1.29, 1.82) is 0 Å². The number of hydrogen-bond acceptors (Lipinski definition) is 4. The Labute approximate surface area is 159 Å². The largest absolute Gasteiger partial charge is 0.356 e. The van der Waals surface area contributed by atoms with E-state index in [-0.39, 0.29) is 17.6 Å². The van der Waals surface area contributed by atoms with Gasteiger partial charge in [0.05, 0.1) is 5.75 Å². The van der Waals surface area contributed by atoms with Crippen LogP contribution in [0.15, 0.2) is 0 Å². The minimum Gasteiger partial charge on any atom is -0.356 e. The van der Waals surface area contributed by atoms with Crippen LogP contribution in [0.2, 0.25) is 0 Å². The van der Waals surface area contributed by atoms with Gasteiger partial charge in [0.2, 0.25) is 15.9 Å². The summed E-state index contributed by atoms with van der Waals surface area (Å²) in [6.07, 6.45) is 8.07. The molecule has 0 saturated carbocycles. The molecule has 0 radical (unpaired) electrons. The third kappa shape index (κ3) is 6.20. The minimum absolute atomic E-state index is 0.0403. The van der Waals surface area contributed by atoms with E-state index < -0.39 is 10.0 Å². The van der Waals surface area contributed by atoms with Gasteiger partial charge in [0.1, 0.15) is 0 Å². The van der Waals surface area contributed by atoms with Crippen molar-refractivity contribution in [3.63, 3.8) is 0 Å². The SMILES string of the molecule is CCCS(=O)(=O)N1CCC(C(=O)NCCCN2CCCC[C@H]2CC)CC1. The second-order valence-corrected chi connectivity index (χ2v) is 9.82. The van der Waals surface area contributed by atoms with Crippen LogP contribution in [0, 0.1) is 5.92 Å². The summed E-state index contributed by atoms with van der Waals surface area (Å²) in [5.74, 6) is 0.267. The number of nitrogens with one attached hydrogen (secondary N) is 1. The van der Waals surface area contributed by atoms with Gasteiger partial charge in [-0.25, -0.2) is 12.7 Å². The van der Waals surface area contributed by atoms with Crippen LogP contribution in [-0.2, 0) is 14.8 Å². The van der Waals surface area contributed by atoms with E-state index in [4.69, 9.17) is 0 Å². The van der Waals surface area contributed by atoms with E-state index in [1.54, 1.807) is 4.31 Å². The van der Waals surface area contributed by atoms with E-state index in [1.807, 2.05) is 6.92 Å². The molecule has 0 aliphatic carbocycles. The van der Waals surface area contributed by atoms with Gasteiger partial charge in [0, 0.05) is 38.1 Å². The third-order valence-corrected chi connectivity index (χ3v) is 7.90. The van der Waals surface area contributed by atoms with E-state index in [1.165, 1.54) is 32.2 Å². The molecule has 1 atom stereocenters. The fourth-order valence-electron chi connectivity index (χ4n) is 4.24. The lowest BCUT2D eigenvalue weighted by atomic mass is 9.97. The molecule has 1 amide bonds. The molecule has 152 valence electrons. The van der Waals surface area contributed by atoms with Crippen molar-refractivity contribution in [2.75, 3.05) is 38.5 Å². The first-order chi connectivity index (χ1) is 12.5. The predicted octanol–water partition coefficient (Wildman–Crippen LogP) is 2.21. The molecule has 2 aliphatic rings. The minimum atomic E-state index is -3.13. The number of carbonyl (C=O) groups is 1. The number of carbonyl (C=O) groups excluding carboxylic acids is 1. The molecule has 2 saturated heterocycles. The summed E-state index contributed by atoms with van der Waals surface area (Å²) in [5, 5.41) is 3.07. The number of likely N-dealkylation sites (tertiary alicyclic amines) is 1. The molecule has 7 heteroatoms. The Bertz CT molecular complexity index is 530. The molecule has 2 heterocycles. The summed E-state index contributed by atoms with van der Waals surface area (Å²) < 4.78 is 25.7. The van der Waals surface area contributed by atoms with Gasteiger partial charge in [-0.3, -0.25) is 4.79 Å². The summed E-state index contributed by atoms with van der Waals surface area (Å²) in [6, 6.07) is 0.717. The van der Waals surface area contributed by atoms with Crippen molar-refractivity contribution in [2.45, 2.75) is 71.3 Å². The Balaban J connectivity index is 1.65. The van der Waals surface area contributed by atoms with Crippen LogP contribution in [0.4, 0.5) is 0 Å². The van der Waals surface area contributed by atoms with E-state index in [0.717, 1.165) is 19.5 Å². The zero-order valence-corrected chi connectivity index (χ0v) is 17.4. The van der Waals surface area contributed by atoms with Crippen LogP contribution in [-0.4, -0.2) is 68.0 Å². The molecule has 0 bridgehead atoms. The highest BCUT2D eigenvalue weighted by atomic mass is 32.2. The molecule has 0 unspecified atom stereocenters. The molecule has 6 nitrogen and oxygen atoms in total. The quantitative estimate of drug-likeness (QED) is 0.616. The van der Waals surface area contributed by atoms with E-state index in [9.17, 15) is 13.2 Å². The normalized spacial score (nSPS) is 23.8. The van der Waals surface area contributed by atoms with Gasteiger partial charge in [-0.05, 0) is 51.5 Å². The van der Waals surface area contributed by atoms with Gasteiger partial charge >= 0.3 is 0 Å². The molecule has 2 rings (SSSR count). The third-order valence-electron chi connectivity index (χ3n) is 5.82. The highest BCUT2D eigenvalue weighted by molar-refractivity contribution is 7.89. The Kier molecular flexibility index (Phi) is 8.84. The van der Waals surface area contributed by atoms with Crippen LogP contribution in [0.5, 0.6) is 0 Å². The van der Waals surface area contributed by atoms with Gasteiger partial charge < -0.3 is 10.2 Å². The van der Waals surface area contributed by atoms with E-state index >= 15 is 0 Å². The number of nitrogens with zero attached hydrogens (tertiary/aromatic N) is 2. The summed E-state index contributed by atoms with van der Waals surface area (Å²) in [7, 11) is -3.13. The molecule has 0 aromatic rings. The van der Waals surface area contributed by atoms with Crippen molar-refractivity contribution in [3.8, 4) is 0 Å². The Morgan fingerprint density at radius 1 is 1.08 bits per heavy atom. The van der Waals surface area contributed by atoms with Gasteiger partial charge in [0.15, 0.2) is 0 Å². The highest BCUT2D eigenvalue weighted by Gasteiger charge is 2.30. The zero-order chi connectivity index (χ0) is 19.0. The van der Waals surface area contributed by atoms with Crippen LogP contribution in [0.3, 0.4) is 0 Å². The fourth-order valence-corrected chi connectivity index (χ4v) is 5.78. The van der Waals surface area contributed by atoms with Crippen LogP contribution in [0.1, 0.15) is 65.2 Å². The molecular weight excluding hydrogens is 350 g/mol. The number of sulfonamides is 1. The summed E-state index contributed by atoms with van der Waals surface area (Å²) >= 11 is 0. The zero-order valence-electron chi connectivity index (χ0n) is 16.6. The van der Waals surface area contributed by atoms with Gasteiger partial charge in [-0.2, -0.15) is 0 Å². The van der Waals surface area contributed by atoms with Gasteiger partial charge in [0.25, 0.3) is 0 Å². The first-order valence-electron chi connectivity index (χ1n) is 10.5. The number of hydrogen-bond donors (Lipinski definition) is 1. The highest BCUT2D eigenvalue weighted by Crippen LogP contribution is 2.21. The van der Waals surface area contributed by atoms with Crippen molar-refractivity contribution < 1.29 is 13.2 Å². The smallest absolute Gasteiger partial charge is 0.223 e. The van der Waals surface area contributed by atoms with Gasteiger partial charge in [-0.1, -0.05) is 20.3 Å². The van der Waals surface area contributed by atoms with Crippen molar-refractivity contribution >= 4 is 15.9 Å². The van der Waals surface area contributed by atoms with E-state index in [2.05, 4.69) is 17.1 Å². The molecule has 1 N–H and O–H groups in total. The maximum absolute atomic E-state index is 12.4. The lowest BCUT2D eigenvalue weighted by molar-refractivity contribution is -0.126. The van der Waals surface area contributed by atoms with E-state index in [0.29, 0.717) is 38.4 Å². The first-order valence-corrected chi connectivity index (χ1v) is 12.1. The maximum Gasteiger partial charge on any atom is 0.223 e. The topological polar surface area (TPSA) is 69.7 Å². The molecule has 0 spiro atoms. The standard InChI is InChI=1S/C19H37N3O3S/c1-3-16-26(24,25)22-14-9-17(10-15-22)19(23)20-11-7-13-21-12-6-5-8-18(21)4-2/h17-18H,3-16H2,1-2H3,(H,20,23)/t18-/m1/s1. The molecule has 2 aliphatic heterocycles. The Morgan fingerprint density at radius 3 is 2.46 bits per heavy atom. The number of amides is 1. The monoisotopic (exact) mass is 387 g/mol. The van der Waals surface area contributed by atoms with Gasteiger partial charge in [-0.15, -0.1) is 0 Å². The molecule has 26 heavy (non-hydrogen) atoms. The second kappa shape index (κ2) is 10.6. The summed E-state index contributed by atoms with van der Waals surface area (Å²) in [4.78, 5) is 14.9. The van der Waals surface area contributed by atoms with Crippen molar-refractivity contribution in [1.82, 2.24) is 14.5 Å². The summed E-state index contributed by atoms with van der Waals surface area (Å²) in [5.41, 5.74) is 0. The average molecular weight is 388 g/mol. The lowest BCUT2D eigenvalue weighted by Gasteiger charge is -2.35. The van der Waals surface area contributed by atoms with Crippen LogP contribution in [0.25, 0.3) is 0 Å². The van der Waals surface area contributed by atoms with Crippen LogP contribution < -0.4 is 5.32 Å². The molecular formula is C19H37N3O3S. The first kappa shape index (κ1) is 21.6. The maximum atomic E-state index is 12.4. The second-order valence-electron chi connectivity index (χ2n) is 7.73. The molecule has 2 fully saturated rings. The Morgan fingerprint density at radius 2 is 1.81 bits per heavy atom. The predicted molar refractivity (Wildman–Crippen MR) is 106 cm³/mol. The lowest BCUT2D eigenvalue weighted by Crippen LogP contribution is -2.44. The Hall–Kier alpha value is -0.660. The number of rotatable bonds is 9. The van der Waals surface area contributed by atoms with Crippen LogP contribution >= 0.6 is 0 Å². The molecule has 0 aromatic heterocycles. The fraction of sp³-hybridized carbons (Fsp3) is 0.947.